The Labute approximate surface area is 208 Å². The van der Waals surface area contributed by atoms with Crippen molar-refractivity contribution in [1.82, 2.24) is 5.32 Å². The van der Waals surface area contributed by atoms with E-state index in [1.165, 1.54) is 24.3 Å². The van der Waals surface area contributed by atoms with Crippen molar-refractivity contribution in [2.45, 2.75) is 31.7 Å². The van der Waals surface area contributed by atoms with E-state index < -0.39 is 25.2 Å². The molecule has 4 N–H and O–H groups in total. The van der Waals surface area contributed by atoms with Crippen LogP contribution in [0.25, 0.3) is 0 Å². The van der Waals surface area contributed by atoms with E-state index in [1.54, 1.807) is 42.5 Å². The fraction of sp³-hybridized carbons (Fsp3) is 0.192. The Bertz CT molecular complexity index is 1220. The summed E-state index contributed by atoms with van der Waals surface area (Å²) in [5.74, 6) is -2.62. The minimum atomic E-state index is -4.15. The van der Waals surface area contributed by atoms with Gasteiger partial charge >= 0.3 is 12.1 Å². The molecule has 9 nitrogen and oxygen atoms in total. The van der Waals surface area contributed by atoms with Crippen LogP contribution in [0.4, 0.5) is 10.5 Å². The zero-order valence-electron chi connectivity index (χ0n) is 19.4. The van der Waals surface area contributed by atoms with Gasteiger partial charge in [-0.3, -0.25) is 14.2 Å². The Balaban J connectivity index is 1.75. The SMILES string of the molecule is O=C(O)CCCC(=O)Nc1ccc(C(NC(=O)OCc2ccccc2)P(=O)(O)c2ccccc2)cc1. The van der Waals surface area contributed by atoms with Gasteiger partial charge in [-0.05, 0) is 41.8 Å². The van der Waals surface area contributed by atoms with Gasteiger partial charge in [0.25, 0.3) is 7.37 Å². The molecule has 0 radical (unpaired) electrons. The minimum absolute atomic E-state index is 0.00664. The standard InChI is InChI=1S/C26H27N2O7P/c29-23(12-7-13-24(30)31)27-21-16-14-20(15-17-21)25(36(33,34)22-10-5-2-6-11-22)28-26(32)35-18-19-8-3-1-4-9-19/h1-6,8-11,14-17,25H,7,12-13,18H2,(H,27,29)(H,28,32)(H,30,31)(H,33,34). The van der Waals surface area contributed by atoms with Gasteiger partial charge in [0.15, 0.2) is 0 Å². The predicted molar refractivity (Wildman–Crippen MR) is 135 cm³/mol. The fourth-order valence-corrected chi connectivity index (χ4v) is 5.17. The van der Waals surface area contributed by atoms with Gasteiger partial charge in [-0.2, -0.15) is 0 Å². The summed E-state index contributed by atoms with van der Waals surface area (Å²) in [5, 5.41) is 14.0. The van der Waals surface area contributed by atoms with Crippen LogP contribution in [-0.2, 0) is 25.5 Å². The number of amides is 2. The Morgan fingerprint density at radius 1 is 0.861 bits per heavy atom. The molecule has 2 unspecified atom stereocenters. The Morgan fingerprint density at radius 2 is 1.47 bits per heavy atom. The normalized spacial score (nSPS) is 13.1. The molecule has 0 aliphatic rings. The molecule has 3 aromatic rings. The third-order valence-corrected chi connectivity index (χ3v) is 7.41. The summed E-state index contributed by atoms with van der Waals surface area (Å²) >= 11 is 0. The molecule has 3 aromatic carbocycles. The molecule has 10 heteroatoms. The number of carbonyl (C=O) groups excluding carboxylic acids is 2. The molecule has 0 fully saturated rings. The molecule has 0 spiro atoms. The first kappa shape index (κ1) is 26.7. The van der Waals surface area contributed by atoms with E-state index in [0.29, 0.717) is 11.3 Å². The zero-order chi connectivity index (χ0) is 26.0. The summed E-state index contributed by atoms with van der Waals surface area (Å²) < 4.78 is 18.8. The molecule has 0 saturated carbocycles. The number of ether oxygens (including phenoxy) is 1. The number of alkyl carbamates (subject to hydrolysis) is 1. The number of carbonyl (C=O) groups is 3. The fourth-order valence-electron chi connectivity index (χ4n) is 3.41. The van der Waals surface area contributed by atoms with E-state index in [9.17, 15) is 23.8 Å². The van der Waals surface area contributed by atoms with Gasteiger partial charge < -0.3 is 25.4 Å². The smallest absolute Gasteiger partial charge is 0.408 e. The molecular formula is C26H27N2O7P. The number of anilines is 1. The Hall–Kier alpha value is -3.94. The van der Waals surface area contributed by atoms with Gasteiger partial charge in [0, 0.05) is 23.8 Å². The molecule has 0 aliphatic carbocycles. The summed E-state index contributed by atoms with van der Waals surface area (Å²) in [6.07, 6.45) is -0.706. The van der Waals surface area contributed by atoms with E-state index in [1.807, 2.05) is 18.2 Å². The predicted octanol–water partition coefficient (Wildman–Crippen LogP) is 4.40. The summed E-state index contributed by atoms with van der Waals surface area (Å²) in [4.78, 5) is 46.3. The van der Waals surface area contributed by atoms with Crippen molar-refractivity contribution in [3.8, 4) is 0 Å². The van der Waals surface area contributed by atoms with E-state index in [0.717, 1.165) is 5.56 Å². The van der Waals surface area contributed by atoms with Crippen LogP contribution in [0.1, 0.15) is 36.2 Å². The lowest BCUT2D eigenvalue weighted by Crippen LogP contribution is -2.31. The summed E-state index contributed by atoms with van der Waals surface area (Å²) in [5.41, 5.74) is 1.53. The maximum absolute atomic E-state index is 13.5. The van der Waals surface area contributed by atoms with Crippen molar-refractivity contribution >= 4 is 36.3 Å². The second-order valence-corrected chi connectivity index (χ2v) is 10.3. The number of carboxylic acids is 1. The van der Waals surface area contributed by atoms with Crippen LogP contribution in [0.5, 0.6) is 0 Å². The topological polar surface area (TPSA) is 142 Å². The summed E-state index contributed by atoms with van der Waals surface area (Å²) in [7, 11) is -4.15. The second-order valence-electron chi connectivity index (χ2n) is 7.98. The third kappa shape index (κ3) is 7.80. The lowest BCUT2D eigenvalue weighted by atomic mass is 10.2. The van der Waals surface area contributed by atoms with E-state index in [4.69, 9.17) is 9.84 Å². The molecule has 36 heavy (non-hydrogen) atoms. The van der Waals surface area contributed by atoms with E-state index in [-0.39, 0.29) is 37.1 Å². The van der Waals surface area contributed by atoms with Crippen molar-refractivity contribution in [2.75, 3.05) is 5.32 Å². The number of benzene rings is 3. The quantitative estimate of drug-likeness (QED) is 0.280. The summed E-state index contributed by atoms with van der Waals surface area (Å²) in [6, 6.07) is 23.2. The molecule has 3 rings (SSSR count). The van der Waals surface area contributed by atoms with Crippen molar-refractivity contribution in [3.05, 3.63) is 96.1 Å². The van der Waals surface area contributed by atoms with E-state index in [2.05, 4.69) is 10.6 Å². The van der Waals surface area contributed by atoms with Gasteiger partial charge in [-0.25, -0.2) is 4.79 Å². The molecule has 0 heterocycles. The van der Waals surface area contributed by atoms with Gasteiger partial charge in [0.05, 0.1) is 0 Å². The van der Waals surface area contributed by atoms with Crippen LogP contribution in [0, 0.1) is 0 Å². The number of hydrogen-bond donors (Lipinski definition) is 4. The van der Waals surface area contributed by atoms with Gasteiger partial charge in [0.2, 0.25) is 5.91 Å². The number of carboxylic acid groups (broad SMARTS) is 1. The first-order valence-corrected chi connectivity index (χ1v) is 13.0. The number of aliphatic carboxylic acids is 1. The Morgan fingerprint density at radius 3 is 2.08 bits per heavy atom. The highest BCUT2D eigenvalue weighted by Crippen LogP contribution is 2.53. The zero-order valence-corrected chi connectivity index (χ0v) is 20.3. The largest absolute Gasteiger partial charge is 0.481 e. The maximum atomic E-state index is 13.5. The molecule has 0 saturated heterocycles. The van der Waals surface area contributed by atoms with Crippen molar-refractivity contribution in [1.29, 1.82) is 0 Å². The van der Waals surface area contributed by atoms with Crippen molar-refractivity contribution < 1.29 is 33.7 Å². The lowest BCUT2D eigenvalue weighted by Gasteiger charge is -2.25. The average Bonchev–Trinajstić information content (AvgIpc) is 2.87. The molecule has 188 valence electrons. The molecule has 0 aromatic heterocycles. The maximum Gasteiger partial charge on any atom is 0.408 e. The number of nitrogens with one attached hydrogen (secondary N) is 2. The lowest BCUT2D eigenvalue weighted by molar-refractivity contribution is -0.137. The minimum Gasteiger partial charge on any atom is -0.481 e. The van der Waals surface area contributed by atoms with Gasteiger partial charge in [0.1, 0.15) is 12.4 Å². The summed E-state index contributed by atoms with van der Waals surface area (Å²) in [6.45, 7) is -0.00664. The van der Waals surface area contributed by atoms with E-state index >= 15 is 0 Å². The monoisotopic (exact) mass is 510 g/mol. The van der Waals surface area contributed by atoms with Crippen molar-refractivity contribution in [2.24, 2.45) is 0 Å². The third-order valence-electron chi connectivity index (χ3n) is 5.25. The highest BCUT2D eigenvalue weighted by Gasteiger charge is 2.36. The van der Waals surface area contributed by atoms with Crippen LogP contribution in [0.3, 0.4) is 0 Å². The first-order chi connectivity index (χ1) is 17.3. The van der Waals surface area contributed by atoms with Crippen LogP contribution in [0.2, 0.25) is 0 Å². The highest BCUT2D eigenvalue weighted by atomic mass is 31.2. The molecule has 0 bridgehead atoms. The van der Waals surface area contributed by atoms with Gasteiger partial charge in [-0.15, -0.1) is 0 Å². The Kier molecular flexibility index (Phi) is 9.39. The van der Waals surface area contributed by atoms with Crippen LogP contribution in [-0.4, -0.2) is 28.0 Å². The van der Waals surface area contributed by atoms with Crippen LogP contribution in [0.15, 0.2) is 84.9 Å². The van der Waals surface area contributed by atoms with Crippen LogP contribution >= 0.6 is 7.37 Å². The molecule has 2 atom stereocenters. The average molecular weight is 510 g/mol. The molecular weight excluding hydrogens is 483 g/mol. The molecule has 0 aliphatic heterocycles. The van der Waals surface area contributed by atoms with Crippen LogP contribution < -0.4 is 15.9 Å². The van der Waals surface area contributed by atoms with Gasteiger partial charge in [-0.1, -0.05) is 60.7 Å². The molecule has 2 amide bonds. The second kappa shape index (κ2) is 12.7. The van der Waals surface area contributed by atoms with Crippen molar-refractivity contribution in [3.63, 3.8) is 0 Å². The highest BCUT2D eigenvalue weighted by molar-refractivity contribution is 7.66. The first-order valence-electron chi connectivity index (χ1n) is 11.2. The number of hydrogen-bond acceptors (Lipinski definition) is 5. The number of rotatable bonds is 11.